The van der Waals surface area contributed by atoms with Gasteiger partial charge in [0, 0.05) is 0 Å². The summed E-state index contributed by atoms with van der Waals surface area (Å²) in [6, 6.07) is 9.50. The van der Waals surface area contributed by atoms with Gasteiger partial charge in [0.1, 0.15) is 13.7 Å². The van der Waals surface area contributed by atoms with Crippen LogP contribution < -0.4 is 0 Å². The third-order valence-electron chi connectivity index (χ3n) is 2.45. The number of esters is 1. The number of rotatable bonds is 9. The summed E-state index contributed by atoms with van der Waals surface area (Å²) in [6.45, 7) is 2.12. The van der Waals surface area contributed by atoms with E-state index in [1.807, 2.05) is 30.3 Å². The molecule has 0 N–H and O–H groups in total. The molecule has 21 heavy (non-hydrogen) atoms. The van der Waals surface area contributed by atoms with Crippen LogP contribution in [0.25, 0.3) is 0 Å². The number of Topliss-reactive ketones (excluding diaryl/α,β-unsaturated/α-hetero) is 1. The molecular formula is C15H19NO5. The molecule has 0 aliphatic heterocycles. The van der Waals surface area contributed by atoms with Gasteiger partial charge in [0.15, 0.2) is 11.5 Å². The molecule has 0 radical (unpaired) electrons. The number of oxime groups is 1. The molecule has 114 valence electrons. The quantitative estimate of drug-likeness (QED) is 0.394. The van der Waals surface area contributed by atoms with Crippen LogP contribution in [0.2, 0.25) is 0 Å². The molecule has 0 aromatic heterocycles. The Balaban J connectivity index is 2.40. The van der Waals surface area contributed by atoms with E-state index in [1.165, 1.54) is 7.11 Å². The van der Waals surface area contributed by atoms with Crippen LogP contribution in [0.1, 0.15) is 18.9 Å². The summed E-state index contributed by atoms with van der Waals surface area (Å²) in [5.74, 6) is -0.925. The van der Waals surface area contributed by atoms with Gasteiger partial charge in [0.25, 0.3) is 0 Å². The predicted molar refractivity (Wildman–Crippen MR) is 76.8 cm³/mol. The second-order valence-electron chi connectivity index (χ2n) is 4.13. The zero-order chi connectivity index (χ0) is 15.5. The standard InChI is InChI=1S/C15H19NO5/c1-3-21-15(18)14(16-19-2)9-13(17)11-20-10-12-7-5-4-6-8-12/h4-8H,3,9-11H2,1-2H3/b16-14-. The van der Waals surface area contributed by atoms with E-state index in [9.17, 15) is 9.59 Å². The van der Waals surface area contributed by atoms with Gasteiger partial charge >= 0.3 is 5.97 Å². The minimum atomic E-state index is -0.657. The highest BCUT2D eigenvalue weighted by Gasteiger charge is 2.18. The van der Waals surface area contributed by atoms with Crippen molar-refractivity contribution in [1.29, 1.82) is 0 Å². The molecular weight excluding hydrogens is 274 g/mol. The average molecular weight is 293 g/mol. The summed E-state index contributed by atoms with van der Waals surface area (Å²) < 4.78 is 10.1. The van der Waals surface area contributed by atoms with Crippen LogP contribution in [0.4, 0.5) is 0 Å². The molecule has 0 aliphatic carbocycles. The third-order valence-corrected chi connectivity index (χ3v) is 2.45. The maximum absolute atomic E-state index is 11.8. The van der Waals surface area contributed by atoms with Crippen molar-refractivity contribution < 1.29 is 23.9 Å². The van der Waals surface area contributed by atoms with Gasteiger partial charge in [-0.2, -0.15) is 0 Å². The molecule has 0 amide bonds. The summed E-state index contributed by atoms with van der Waals surface area (Å²) in [7, 11) is 1.30. The first-order valence-corrected chi connectivity index (χ1v) is 6.57. The fourth-order valence-electron chi connectivity index (χ4n) is 1.56. The van der Waals surface area contributed by atoms with Crippen LogP contribution in [0.15, 0.2) is 35.5 Å². The van der Waals surface area contributed by atoms with Crippen molar-refractivity contribution >= 4 is 17.5 Å². The van der Waals surface area contributed by atoms with Crippen LogP contribution in [-0.4, -0.2) is 37.8 Å². The largest absolute Gasteiger partial charge is 0.461 e. The molecule has 0 spiro atoms. The summed E-state index contributed by atoms with van der Waals surface area (Å²) in [6.07, 6.45) is -0.179. The Labute approximate surface area is 123 Å². The third kappa shape index (κ3) is 6.67. The van der Waals surface area contributed by atoms with Gasteiger partial charge in [-0.25, -0.2) is 4.79 Å². The zero-order valence-corrected chi connectivity index (χ0v) is 12.2. The second-order valence-corrected chi connectivity index (χ2v) is 4.13. The lowest BCUT2D eigenvalue weighted by Crippen LogP contribution is -2.23. The fourth-order valence-corrected chi connectivity index (χ4v) is 1.56. The second kappa shape index (κ2) is 9.66. The molecule has 1 rings (SSSR count). The Kier molecular flexibility index (Phi) is 7.74. The van der Waals surface area contributed by atoms with Gasteiger partial charge in [-0.3, -0.25) is 4.79 Å². The normalized spacial score (nSPS) is 11.0. The van der Waals surface area contributed by atoms with Crippen molar-refractivity contribution in [3.8, 4) is 0 Å². The first-order chi connectivity index (χ1) is 10.2. The molecule has 1 aromatic rings. The Morgan fingerprint density at radius 1 is 1.19 bits per heavy atom. The van der Waals surface area contributed by atoms with Crippen molar-refractivity contribution in [2.75, 3.05) is 20.3 Å². The van der Waals surface area contributed by atoms with E-state index < -0.39 is 5.97 Å². The summed E-state index contributed by atoms with van der Waals surface area (Å²) in [4.78, 5) is 27.8. The van der Waals surface area contributed by atoms with Crippen molar-refractivity contribution in [1.82, 2.24) is 0 Å². The molecule has 0 unspecified atom stereocenters. The summed E-state index contributed by atoms with van der Waals surface area (Å²) >= 11 is 0. The monoisotopic (exact) mass is 293 g/mol. The smallest absolute Gasteiger partial charge is 0.356 e. The van der Waals surface area contributed by atoms with Crippen molar-refractivity contribution in [2.24, 2.45) is 5.16 Å². The lowest BCUT2D eigenvalue weighted by atomic mass is 10.2. The zero-order valence-electron chi connectivity index (χ0n) is 12.2. The molecule has 6 nitrogen and oxygen atoms in total. The number of hydrogen-bond donors (Lipinski definition) is 0. The van der Waals surface area contributed by atoms with Crippen LogP contribution in [0.5, 0.6) is 0 Å². The molecule has 0 heterocycles. The van der Waals surface area contributed by atoms with Gasteiger partial charge in [-0.1, -0.05) is 35.5 Å². The predicted octanol–water partition coefficient (Wildman–Crippen LogP) is 1.73. The Morgan fingerprint density at radius 3 is 2.52 bits per heavy atom. The first-order valence-electron chi connectivity index (χ1n) is 6.57. The van der Waals surface area contributed by atoms with Gasteiger partial charge in [-0.05, 0) is 12.5 Å². The van der Waals surface area contributed by atoms with E-state index in [2.05, 4.69) is 9.99 Å². The van der Waals surface area contributed by atoms with Crippen molar-refractivity contribution in [3.05, 3.63) is 35.9 Å². The van der Waals surface area contributed by atoms with E-state index >= 15 is 0 Å². The number of ketones is 1. The van der Waals surface area contributed by atoms with Crippen molar-refractivity contribution in [3.63, 3.8) is 0 Å². The molecule has 0 aliphatic rings. The minimum absolute atomic E-state index is 0.0624. The van der Waals surface area contributed by atoms with Crippen LogP contribution in [0, 0.1) is 0 Å². The minimum Gasteiger partial charge on any atom is -0.461 e. The van der Waals surface area contributed by atoms with Gasteiger partial charge < -0.3 is 14.3 Å². The molecule has 0 saturated heterocycles. The maximum Gasteiger partial charge on any atom is 0.356 e. The van der Waals surface area contributed by atoms with E-state index in [1.54, 1.807) is 6.92 Å². The number of carbonyl (C=O) groups excluding carboxylic acids is 2. The number of benzene rings is 1. The van der Waals surface area contributed by atoms with E-state index in [4.69, 9.17) is 9.47 Å². The molecule has 0 atom stereocenters. The molecule has 0 saturated carbocycles. The number of nitrogens with zero attached hydrogens (tertiary/aromatic N) is 1. The van der Waals surface area contributed by atoms with Crippen LogP contribution in [0.3, 0.4) is 0 Å². The van der Waals surface area contributed by atoms with E-state index in [0.717, 1.165) is 5.56 Å². The Bertz CT molecular complexity index is 484. The lowest BCUT2D eigenvalue weighted by Gasteiger charge is -2.06. The summed E-state index contributed by atoms with van der Waals surface area (Å²) in [5, 5.41) is 3.51. The highest BCUT2D eigenvalue weighted by Crippen LogP contribution is 2.01. The lowest BCUT2D eigenvalue weighted by molar-refractivity contribution is -0.136. The average Bonchev–Trinajstić information content (AvgIpc) is 2.48. The van der Waals surface area contributed by atoms with Gasteiger partial charge in [-0.15, -0.1) is 0 Å². The highest BCUT2D eigenvalue weighted by molar-refractivity contribution is 6.39. The molecule has 1 aromatic carbocycles. The van der Waals surface area contributed by atoms with E-state index in [-0.39, 0.29) is 31.1 Å². The van der Waals surface area contributed by atoms with Crippen LogP contribution in [-0.2, 0) is 30.5 Å². The van der Waals surface area contributed by atoms with Crippen molar-refractivity contribution in [2.45, 2.75) is 20.0 Å². The van der Waals surface area contributed by atoms with Gasteiger partial charge in [0.2, 0.25) is 0 Å². The number of carbonyl (C=O) groups is 2. The van der Waals surface area contributed by atoms with Gasteiger partial charge in [0.05, 0.1) is 19.6 Å². The highest BCUT2D eigenvalue weighted by atomic mass is 16.6. The molecule has 0 fully saturated rings. The topological polar surface area (TPSA) is 74.2 Å². The van der Waals surface area contributed by atoms with Crippen LogP contribution >= 0.6 is 0 Å². The number of ether oxygens (including phenoxy) is 2. The first kappa shape index (κ1) is 16.8. The fraction of sp³-hybridized carbons (Fsp3) is 0.400. The molecule has 0 bridgehead atoms. The van der Waals surface area contributed by atoms with E-state index in [0.29, 0.717) is 6.61 Å². The Hall–Kier alpha value is -2.21. The number of hydrogen-bond acceptors (Lipinski definition) is 6. The SMILES string of the molecule is CCOC(=O)/C(CC(=O)COCc1ccccc1)=N\OC. The Morgan fingerprint density at radius 2 is 1.90 bits per heavy atom. The maximum atomic E-state index is 11.8. The summed E-state index contributed by atoms with van der Waals surface area (Å²) in [5.41, 5.74) is 0.911. The molecule has 6 heteroatoms.